The molecule has 2 amide bonds. The Bertz CT molecular complexity index is 1210. The van der Waals surface area contributed by atoms with Crippen LogP contribution in [-0.4, -0.2) is 52.6 Å². The fraction of sp³-hybridized carbons (Fsp3) is 0.364. The number of amides is 2. The number of hydrogen-bond acceptors (Lipinski definition) is 5. The van der Waals surface area contributed by atoms with Gasteiger partial charge in [0.2, 0.25) is 5.95 Å². The van der Waals surface area contributed by atoms with E-state index in [2.05, 4.69) is 39.4 Å². The van der Waals surface area contributed by atoms with E-state index < -0.39 is 17.1 Å². The maximum atomic E-state index is 12.8. The summed E-state index contributed by atoms with van der Waals surface area (Å²) in [6, 6.07) is 5.97. The Morgan fingerprint density at radius 3 is 2.43 bits per heavy atom. The van der Waals surface area contributed by atoms with Gasteiger partial charge in [-0.15, -0.1) is 0 Å². The lowest BCUT2D eigenvalue weighted by Crippen LogP contribution is -2.53. The second kappa shape index (κ2) is 8.94. The summed E-state index contributed by atoms with van der Waals surface area (Å²) in [4.78, 5) is 27.6. The number of rotatable bonds is 6. The van der Waals surface area contributed by atoms with E-state index in [0.717, 1.165) is 12.1 Å². The number of nitrogens with one attached hydrogen (secondary N) is 2. The first kappa shape index (κ1) is 24.6. The van der Waals surface area contributed by atoms with Crippen LogP contribution in [-0.2, 0) is 6.18 Å². The maximum absolute atomic E-state index is 12.8. The van der Waals surface area contributed by atoms with Crippen LogP contribution in [0.3, 0.4) is 0 Å². The molecule has 3 heterocycles. The van der Waals surface area contributed by atoms with Crippen molar-refractivity contribution in [3.63, 3.8) is 0 Å². The van der Waals surface area contributed by atoms with Gasteiger partial charge in [0, 0.05) is 23.4 Å². The van der Waals surface area contributed by atoms with E-state index in [0.29, 0.717) is 23.1 Å². The van der Waals surface area contributed by atoms with Gasteiger partial charge in [-0.2, -0.15) is 18.2 Å². The van der Waals surface area contributed by atoms with Crippen molar-refractivity contribution in [1.29, 1.82) is 0 Å². The number of nitrogens with zero attached hydrogens (tertiary/aromatic N) is 5. The second-order valence-corrected chi connectivity index (χ2v) is 9.57. The summed E-state index contributed by atoms with van der Waals surface area (Å²) >= 11 is 0. The van der Waals surface area contributed by atoms with Crippen molar-refractivity contribution >= 4 is 33.5 Å². The van der Waals surface area contributed by atoms with Crippen LogP contribution >= 0.6 is 0 Å². The topological polar surface area (TPSA) is 88.0 Å². The number of anilines is 2. The van der Waals surface area contributed by atoms with Gasteiger partial charge in [0.1, 0.15) is 21.5 Å². The van der Waals surface area contributed by atoms with Gasteiger partial charge in [-0.05, 0) is 43.2 Å². The van der Waals surface area contributed by atoms with Crippen LogP contribution < -0.4 is 15.5 Å². The molecule has 182 valence electrons. The smallest absolute Gasteiger partial charge is 0.346 e. The molecule has 0 aliphatic carbocycles. The average molecular weight is 483 g/mol. The molecule has 3 aromatic rings. The van der Waals surface area contributed by atoms with Crippen molar-refractivity contribution < 1.29 is 18.0 Å². The van der Waals surface area contributed by atoms with Gasteiger partial charge in [-0.3, -0.25) is 4.90 Å². The molecule has 4 rings (SSSR count). The zero-order valence-electron chi connectivity index (χ0n) is 20.1. The van der Waals surface area contributed by atoms with Crippen LogP contribution in [0, 0.1) is 5.92 Å². The van der Waals surface area contributed by atoms with Crippen LogP contribution in [0.4, 0.5) is 29.7 Å². The zero-order chi connectivity index (χ0) is 25.5. The summed E-state index contributed by atoms with van der Waals surface area (Å²) in [6.07, 6.45) is 0.479. The van der Waals surface area contributed by atoms with Crippen molar-refractivity contribution in [1.82, 2.24) is 24.8 Å². The summed E-state index contributed by atoms with van der Waals surface area (Å²) in [5.41, 5.74) is 0.507. The molecule has 8 nitrogen and oxygen atoms in total. The largest absolute Gasteiger partial charge is 0.416 e. The molecule has 1 saturated heterocycles. The number of halogens is 3. The summed E-state index contributed by atoms with van der Waals surface area (Å²) in [5, 5.41) is 5.80. The maximum Gasteiger partial charge on any atom is 0.416 e. The molecule has 0 radical (unpaired) electrons. The molecule has 2 aromatic heterocycles. The molecule has 0 bridgehead atoms. The third-order valence-electron chi connectivity index (χ3n) is 6.07. The quantitative estimate of drug-likeness (QED) is 0.526. The fourth-order valence-corrected chi connectivity index (χ4v) is 4.58. The normalized spacial score (nSPS) is 18.5. The molecule has 1 unspecified atom stereocenters. The third kappa shape index (κ3) is 4.98. The highest BCUT2D eigenvalue weighted by atomic mass is 19.4. The highest BCUT2D eigenvalue weighted by Gasteiger charge is 2.47. The predicted molar refractivity (Wildman–Crippen MR) is 132 cm³/mol. The molecule has 1 aromatic carbocycles. The van der Waals surface area contributed by atoms with Gasteiger partial charge in [0.15, 0.2) is 0 Å². The minimum absolute atomic E-state index is 0.0883. The molecule has 1 aliphatic rings. The molecule has 0 spiro atoms. The molecule has 2 atom stereocenters. The Balaban J connectivity index is 1.51. The summed E-state index contributed by atoms with van der Waals surface area (Å²) in [7, 11) is 3.98. The predicted octanol–water partition coefficient (Wildman–Crippen LogP) is 2.33. The number of imidazole rings is 1. The number of hydrogen-bond donors (Lipinski definition) is 2. The van der Waals surface area contributed by atoms with Crippen LogP contribution in [0.25, 0.3) is 5.69 Å². The summed E-state index contributed by atoms with van der Waals surface area (Å²) in [6.45, 7) is 6.00. The second-order valence-electron chi connectivity index (χ2n) is 9.57. The molecule has 35 heavy (non-hydrogen) atoms. The van der Waals surface area contributed by atoms with Crippen molar-refractivity contribution in [3.8, 4) is 5.69 Å². The number of carbonyl (C=O) groups excluding carboxylic acids is 1. The monoisotopic (exact) mass is 483 g/mol. The number of aromatic nitrogens is 4. The molecule has 13 heteroatoms. The number of benzene rings is 1. The molecule has 1 fully saturated rings. The highest BCUT2D eigenvalue weighted by molar-refractivity contribution is 6.43. The van der Waals surface area contributed by atoms with Gasteiger partial charge < -0.3 is 15.2 Å². The highest BCUT2D eigenvalue weighted by Crippen LogP contribution is 2.31. The van der Waals surface area contributed by atoms with E-state index in [9.17, 15) is 18.0 Å². The average Bonchev–Trinajstić information content (AvgIpc) is 3.35. The van der Waals surface area contributed by atoms with Gasteiger partial charge >= 0.3 is 12.2 Å². The third-order valence-corrected chi connectivity index (χ3v) is 6.07. The Morgan fingerprint density at radius 1 is 1.11 bits per heavy atom. The van der Waals surface area contributed by atoms with Gasteiger partial charge in [-0.25, -0.2) is 14.8 Å². The standard InChI is InChI=1S/C22H26B2F3N7O/c1-12(2)18-21(23,24)32-20(35)34(18)17-8-9-28-19(31-17)30-13(3)16-10-33(11-29-16)15-6-4-14(5-7-15)22(25,26)27/h4-13,18H,23-24H2,1-3H3,(H,32,35)(H,28,30,31)/t13-,18?/m0/s1. The number of alkyl halides is 3. The Hall–Kier alpha value is -3.50. The number of urea groups is 1. The lowest BCUT2D eigenvalue weighted by atomic mass is 9.56. The number of carbonyl (C=O) groups is 1. The van der Waals surface area contributed by atoms with Crippen LogP contribution in [0.15, 0.2) is 49.1 Å². The van der Waals surface area contributed by atoms with E-state index >= 15 is 0 Å². The van der Waals surface area contributed by atoms with Gasteiger partial charge in [0.05, 0.1) is 29.7 Å². The van der Waals surface area contributed by atoms with Crippen molar-refractivity contribution in [2.24, 2.45) is 5.92 Å². The van der Waals surface area contributed by atoms with Crippen molar-refractivity contribution in [2.45, 2.75) is 44.4 Å². The molecular weight excluding hydrogens is 457 g/mol. The van der Waals surface area contributed by atoms with Crippen molar-refractivity contribution in [3.05, 3.63) is 60.3 Å². The summed E-state index contributed by atoms with van der Waals surface area (Å²) < 4.78 is 40.1. The van der Waals surface area contributed by atoms with Crippen LogP contribution in [0.5, 0.6) is 0 Å². The minimum Gasteiger partial charge on any atom is -0.346 e. The zero-order valence-corrected chi connectivity index (χ0v) is 20.1. The lowest BCUT2D eigenvalue weighted by molar-refractivity contribution is -0.137. The molecule has 0 saturated carbocycles. The van der Waals surface area contributed by atoms with Crippen LogP contribution in [0.2, 0.25) is 0 Å². The molecule has 1 aliphatic heterocycles. The van der Waals surface area contributed by atoms with E-state index in [1.165, 1.54) is 18.5 Å². The first-order chi connectivity index (χ1) is 16.4. The fourth-order valence-electron chi connectivity index (χ4n) is 4.58. The minimum atomic E-state index is -4.38. The van der Waals surface area contributed by atoms with E-state index in [1.807, 2.05) is 22.6 Å². The first-order valence-corrected chi connectivity index (χ1v) is 11.3. The van der Waals surface area contributed by atoms with E-state index in [-0.39, 0.29) is 24.0 Å². The molecule has 2 N–H and O–H groups in total. The van der Waals surface area contributed by atoms with Gasteiger partial charge in [-0.1, -0.05) is 13.8 Å². The summed E-state index contributed by atoms with van der Waals surface area (Å²) in [5.74, 6) is 1.02. The lowest BCUT2D eigenvalue weighted by Gasteiger charge is -2.33. The first-order valence-electron chi connectivity index (χ1n) is 11.3. The molecular formula is C22H26B2F3N7O. The Kier molecular flexibility index (Phi) is 6.29. The van der Waals surface area contributed by atoms with E-state index in [4.69, 9.17) is 0 Å². The van der Waals surface area contributed by atoms with Crippen LogP contribution in [0.1, 0.15) is 38.1 Å². The van der Waals surface area contributed by atoms with Gasteiger partial charge in [0.25, 0.3) is 0 Å². The van der Waals surface area contributed by atoms with E-state index in [1.54, 1.807) is 27.9 Å². The SMILES string of the molecule is BC1(B)NC(=O)N(c2ccnc(N[C@@H](C)c3cn(-c4ccc(C(F)(F)F)cc4)cn3)n2)C1C(C)C. The Labute approximate surface area is 203 Å². The van der Waals surface area contributed by atoms with Crippen molar-refractivity contribution in [2.75, 3.05) is 10.2 Å². The Morgan fingerprint density at radius 2 is 1.80 bits per heavy atom.